The van der Waals surface area contributed by atoms with Crippen molar-refractivity contribution in [2.45, 2.75) is 43.3 Å². The van der Waals surface area contributed by atoms with Crippen LogP contribution in [0.15, 0.2) is 36.4 Å². The fourth-order valence-electron chi connectivity index (χ4n) is 4.64. The minimum atomic E-state index is -4.62. The van der Waals surface area contributed by atoms with Crippen molar-refractivity contribution in [3.05, 3.63) is 68.7 Å². The summed E-state index contributed by atoms with van der Waals surface area (Å²) in [5.41, 5.74) is 6.15. The molecule has 2 aliphatic rings. The number of fused-ring (bicyclic) bond motifs is 1. The van der Waals surface area contributed by atoms with Crippen LogP contribution in [0.2, 0.25) is 10.0 Å². The van der Waals surface area contributed by atoms with Gasteiger partial charge in [0.25, 0.3) is 0 Å². The molecule has 2 N–H and O–H groups in total. The third kappa shape index (κ3) is 3.46. The standard InChI is InChI=1S/C21H19Cl2F3N2O/c22-16-7-15(8-17(23)9-16)20(21(24,25)26)10-18(28(11-20)19(27)29)14-5-4-12-2-1-3-13(12)6-14/h4-9,18H,1-3,10-11H2,(H2,27,29). The molecule has 154 valence electrons. The Morgan fingerprint density at radius 1 is 1.07 bits per heavy atom. The SMILES string of the molecule is NC(=O)N1CC(c2cc(Cl)cc(Cl)c2)(C(F)(F)F)CC1c1ccc2c(c1)CCC2. The predicted molar refractivity (Wildman–Crippen MR) is 106 cm³/mol. The molecule has 8 heteroatoms. The Bertz CT molecular complexity index is 959. The number of likely N-dealkylation sites (tertiary alicyclic amines) is 1. The van der Waals surface area contributed by atoms with Crippen molar-refractivity contribution in [1.82, 2.24) is 4.90 Å². The van der Waals surface area contributed by atoms with Crippen LogP contribution in [0.4, 0.5) is 18.0 Å². The lowest BCUT2D eigenvalue weighted by molar-refractivity contribution is -0.186. The molecule has 0 aromatic heterocycles. The molecule has 2 atom stereocenters. The smallest absolute Gasteiger partial charge is 0.351 e. The fraction of sp³-hybridized carbons (Fsp3) is 0.381. The zero-order chi connectivity index (χ0) is 21.0. The highest BCUT2D eigenvalue weighted by Gasteiger charge is 2.62. The first-order valence-corrected chi connectivity index (χ1v) is 10.1. The van der Waals surface area contributed by atoms with E-state index in [4.69, 9.17) is 28.9 Å². The van der Waals surface area contributed by atoms with E-state index in [1.54, 1.807) is 0 Å². The van der Waals surface area contributed by atoms with E-state index in [2.05, 4.69) is 0 Å². The first-order chi connectivity index (χ1) is 13.6. The monoisotopic (exact) mass is 442 g/mol. The molecule has 1 saturated heterocycles. The van der Waals surface area contributed by atoms with E-state index in [0.29, 0.717) is 5.56 Å². The number of carbonyl (C=O) groups excluding carboxylic acids is 1. The van der Waals surface area contributed by atoms with E-state index in [0.717, 1.165) is 29.7 Å². The van der Waals surface area contributed by atoms with Crippen LogP contribution < -0.4 is 5.73 Å². The lowest BCUT2D eigenvalue weighted by atomic mass is 9.77. The molecule has 0 radical (unpaired) electrons. The van der Waals surface area contributed by atoms with Gasteiger partial charge in [-0.15, -0.1) is 0 Å². The number of rotatable bonds is 2. The average Bonchev–Trinajstić information content (AvgIpc) is 3.25. The molecular formula is C21H19Cl2F3N2O. The molecule has 4 rings (SSSR count). The Morgan fingerprint density at radius 2 is 1.72 bits per heavy atom. The van der Waals surface area contributed by atoms with Gasteiger partial charge in [0.2, 0.25) is 0 Å². The molecule has 0 spiro atoms. The summed E-state index contributed by atoms with van der Waals surface area (Å²) >= 11 is 12.0. The summed E-state index contributed by atoms with van der Waals surface area (Å²) in [6.07, 6.45) is -2.08. The highest BCUT2D eigenvalue weighted by atomic mass is 35.5. The maximum Gasteiger partial charge on any atom is 0.400 e. The maximum absolute atomic E-state index is 14.4. The molecule has 2 unspecified atom stereocenters. The number of urea groups is 1. The highest BCUT2D eigenvalue weighted by molar-refractivity contribution is 6.34. The average molecular weight is 443 g/mol. The van der Waals surface area contributed by atoms with Crippen LogP contribution in [0.25, 0.3) is 0 Å². The summed E-state index contributed by atoms with van der Waals surface area (Å²) in [5.74, 6) is 0. The minimum Gasteiger partial charge on any atom is -0.351 e. The van der Waals surface area contributed by atoms with E-state index < -0.39 is 30.2 Å². The number of primary amides is 1. The number of carbonyl (C=O) groups is 1. The molecule has 29 heavy (non-hydrogen) atoms. The third-order valence-corrected chi connectivity index (χ3v) is 6.54. The molecule has 1 aliphatic carbocycles. The Hall–Kier alpha value is -1.92. The van der Waals surface area contributed by atoms with Gasteiger partial charge in [0.15, 0.2) is 0 Å². The second-order valence-electron chi connectivity index (χ2n) is 7.81. The molecule has 0 bridgehead atoms. The van der Waals surface area contributed by atoms with Gasteiger partial charge in [0.05, 0.1) is 6.04 Å². The molecule has 1 fully saturated rings. The maximum atomic E-state index is 14.4. The fourth-order valence-corrected chi connectivity index (χ4v) is 5.17. The number of hydrogen-bond acceptors (Lipinski definition) is 1. The number of nitrogens with zero attached hydrogens (tertiary/aromatic N) is 1. The lowest BCUT2D eigenvalue weighted by Crippen LogP contribution is -2.46. The van der Waals surface area contributed by atoms with Crippen molar-refractivity contribution in [1.29, 1.82) is 0 Å². The second kappa shape index (κ2) is 7.10. The zero-order valence-corrected chi connectivity index (χ0v) is 16.9. The summed E-state index contributed by atoms with van der Waals surface area (Å²) in [6.45, 7) is -0.579. The molecule has 0 saturated carbocycles. The molecule has 2 aromatic carbocycles. The Kier molecular flexibility index (Phi) is 4.98. The molecule has 1 heterocycles. The van der Waals surface area contributed by atoms with Crippen molar-refractivity contribution in [3.8, 4) is 0 Å². The first-order valence-electron chi connectivity index (χ1n) is 9.32. The van der Waals surface area contributed by atoms with E-state index in [1.165, 1.54) is 23.8 Å². The van der Waals surface area contributed by atoms with Crippen LogP contribution in [0, 0.1) is 0 Å². The summed E-state index contributed by atoms with van der Waals surface area (Å²) in [4.78, 5) is 13.2. The number of alkyl halides is 3. The zero-order valence-electron chi connectivity index (χ0n) is 15.4. The van der Waals surface area contributed by atoms with Crippen molar-refractivity contribution in [2.24, 2.45) is 5.73 Å². The van der Waals surface area contributed by atoms with Gasteiger partial charge in [-0.25, -0.2) is 4.79 Å². The van der Waals surface area contributed by atoms with Crippen LogP contribution in [0.5, 0.6) is 0 Å². The summed E-state index contributed by atoms with van der Waals surface area (Å²) in [7, 11) is 0. The normalized spacial score (nSPS) is 24.0. The van der Waals surface area contributed by atoms with Crippen LogP contribution >= 0.6 is 23.2 Å². The number of hydrogen-bond donors (Lipinski definition) is 1. The van der Waals surface area contributed by atoms with E-state index in [-0.39, 0.29) is 22.0 Å². The molecule has 2 amide bonds. The van der Waals surface area contributed by atoms with Crippen molar-refractivity contribution >= 4 is 29.2 Å². The van der Waals surface area contributed by atoms with E-state index in [9.17, 15) is 18.0 Å². The number of aryl methyl sites for hydroxylation is 2. The quantitative estimate of drug-likeness (QED) is 0.626. The number of benzene rings is 2. The third-order valence-electron chi connectivity index (χ3n) is 6.11. The Labute approximate surface area is 176 Å². The molecule has 2 aromatic rings. The van der Waals surface area contributed by atoms with Gasteiger partial charge < -0.3 is 10.6 Å². The highest BCUT2D eigenvalue weighted by Crippen LogP contribution is 2.54. The van der Waals surface area contributed by atoms with E-state index in [1.807, 2.05) is 18.2 Å². The van der Waals surface area contributed by atoms with Gasteiger partial charge in [-0.05, 0) is 66.1 Å². The van der Waals surface area contributed by atoms with Gasteiger partial charge in [0, 0.05) is 16.6 Å². The molecule has 3 nitrogen and oxygen atoms in total. The summed E-state index contributed by atoms with van der Waals surface area (Å²) in [5, 5.41) is 0.227. The lowest BCUT2D eigenvalue weighted by Gasteiger charge is -2.32. The van der Waals surface area contributed by atoms with E-state index >= 15 is 0 Å². The second-order valence-corrected chi connectivity index (χ2v) is 8.68. The van der Waals surface area contributed by atoms with Crippen LogP contribution in [-0.2, 0) is 18.3 Å². The van der Waals surface area contributed by atoms with Crippen molar-refractivity contribution in [3.63, 3.8) is 0 Å². The topological polar surface area (TPSA) is 46.3 Å². The van der Waals surface area contributed by atoms with Gasteiger partial charge in [-0.1, -0.05) is 41.4 Å². The van der Waals surface area contributed by atoms with Gasteiger partial charge >= 0.3 is 12.2 Å². The number of amides is 2. The Balaban J connectivity index is 1.83. The van der Waals surface area contributed by atoms with Crippen molar-refractivity contribution in [2.75, 3.05) is 6.54 Å². The van der Waals surface area contributed by atoms with Crippen LogP contribution in [-0.4, -0.2) is 23.7 Å². The molecular weight excluding hydrogens is 424 g/mol. The van der Waals surface area contributed by atoms with Crippen molar-refractivity contribution < 1.29 is 18.0 Å². The predicted octanol–water partition coefficient (Wildman–Crippen LogP) is 5.81. The largest absolute Gasteiger partial charge is 0.400 e. The van der Waals surface area contributed by atoms with Gasteiger partial charge in [0.1, 0.15) is 5.41 Å². The minimum absolute atomic E-state index is 0.0580. The van der Waals surface area contributed by atoms with Crippen LogP contribution in [0.1, 0.15) is 41.1 Å². The number of nitrogens with two attached hydrogens (primary N) is 1. The van der Waals surface area contributed by atoms with Gasteiger partial charge in [-0.2, -0.15) is 13.2 Å². The summed E-state index contributed by atoms with van der Waals surface area (Å²) in [6, 6.07) is 7.93. The first kappa shape index (κ1) is 20.4. The summed E-state index contributed by atoms with van der Waals surface area (Å²) < 4.78 is 43.3. The van der Waals surface area contributed by atoms with Crippen LogP contribution in [0.3, 0.4) is 0 Å². The Morgan fingerprint density at radius 3 is 2.34 bits per heavy atom. The number of halogens is 5. The van der Waals surface area contributed by atoms with Gasteiger partial charge in [-0.3, -0.25) is 0 Å². The molecule has 1 aliphatic heterocycles.